The number of hydrogen-bond donors (Lipinski definition) is 6. The number of aliphatic hydroxyl groups is 1. The first kappa shape index (κ1) is 28.4. The average molecular weight is 611 g/mol. The van der Waals surface area contributed by atoms with Gasteiger partial charge in [0.25, 0.3) is 0 Å². The lowest BCUT2D eigenvalue weighted by Gasteiger charge is -2.18. The number of aromatic nitrogens is 9. The van der Waals surface area contributed by atoms with Gasteiger partial charge in [-0.25, -0.2) is 38.8 Å². The molecule has 43 heavy (non-hydrogen) atoms. The summed E-state index contributed by atoms with van der Waals surface area (Å²) in [6.45, 7) is 0.380. The Hall–Kier alpha value is -4.74. The number of H-pyrrole nitrogens is 1. The third-order valence-electron chi connectivity index (χ3n) is 6.73. The molecule has 18 nitrogen and oxygen atoms in total. The topological polar surface area (TPSA) is 246 Å². The molecule has 6 heterocycles. The van der Waals surface area contributed by atoms with Crippen molar-refractivity contribution in [3.63, 3.8) is 0 Å². The van der Waals surface area contributed by atoms with Crippen LogP contribution in [0.25, 0.3) is 28.3 Å². The normalized spacial score (nSPS) is 20.2. The number of carbonyl (C=O) groups is 1. The van der Waals surface area contributed by atoms with E-state index in [-0.39, 0.29) is 24.8 Å². The van der Waals surface area contributed by atoms with Crippen LogP contribution in [0, 0.1) is 0 Å². The summed E-state index contributed by atoms with van der Waals surface area (Å²) in [5, 5.41) is 17.0. The van der Waals surface area contributed by atoms with Gasteiger partial charge >= 0.3 is 7.75 Å². The van der Waals surface area contributed by atoms with Crippen LogP contribution >= 0.6 is 7.75 Å². The maximum Gasteiger partial charge on any atom is 0.437 e. The van der Waals surface area contributed by atoms with Crippen molar-refractivity contribution in [2.24, 2.45) is 0 Å². The second-order valence-electron chi connectivity index (χ2n) is 9.49. The van der Waals surface area contributed by atoms with Crippen molar-refractivity contribution < 1.29 is 28.6 Å². The van der Waals surface area contributed by atoms with Gasteiger partial charge in [-0.3, -0.25) is 9.32 Å². The Kier molecular flexibility index (Phi) is 7.83. The minimum Gasteiger partial charge on any atom is -0.390 e. The molecule has 0 bridgehead atoms. The summed E-state index contributed by atoms with van der Waals surface area (Å²) in [7, 11) is -4.20. The number of nitrogens with zero attached hydrogens (tertiary/aromatic N) is 8. The second kappa shape index (κ2) is 11.9. The number of carbonyl (C=O) groups excluding carboxylic acids is 1. The van der Waals surface area contributed by atoms with Gasteiger partial charge in [0.05, 0.1) is 24.4 Å². The van der Waals surface area contributed by atoms with E-state index < -0.39 is 26.2 Å². The fraction of sp³-hybridized carbons (Fsp3) is 0.292. The smallest absolute Gasteiger partial charge is 0.390 e. The summed E-state index contributed by atoms with van der Waals surface area (Å²) < 4.78 is 26.3. The van der Waals surface area contributed by atoms with E-state index in [2.05, 4.69) is 45.5 Å². The van der Waals surface area contributed by atoms with Crippen LogP contribution < -0.4 is 16.4 Å². The third-order valence-corrected chi connectivity index (χ3v) is 8.03. The number of nitrogen functional groups attached to an aromatic ring is 1. The van der Waals surface area contributed by atoms with Crippen LogP contribution in [0.15, 0.2) is 50.0 Å². The molecule has 5 aromatic heterocycles. The fourth-order valence-corrected chi connectivity index (χ4v) is 5.54. The number of aromatic amines is 1. The summed E-state index contributed by atoms with van der Waals surface area (Å²) in [6.07, 6.45) is 10.2. The van der Waals surface area contributed by atoms with E-state index in [0.717, 1.165) is 10.7 Å². The molecule has 1 aliphatic rings. The monoisotopic (exact) mass is 610 g/mol. The molecular formula is C24H27N12O6P. The molecule has 6 rings (SSSR count). The van der Waals surface area contributed by atoms with Crippen LogP contribution in [-0.2, 0) is 18.6 Å². The van der Waals surface area contributed by atoms with Crippen LogP contribution in [0.4, 0.5) is 11.6 Å². The van der Waals surface area contributed by atoms with Crippen LogP contribution in [0.1, 0.15) is 18.2 Å². The molecule has 1 amide bonds. The summed E-state index contributed by atoms with van der Waals surface area (Å²) in [6, 6.07) is 0. The lowest BCUT2D eigenvalue weighted by Crippen LogP contribution is -2.27. The van der Waals surface area contributed by atoms with E-state index in [0.29, 0.717) is 46.7 Å². The summed E-state index contributed by atoms with van der Waals surface area (Å²) in [5.41, 5.74) is 8.35. The number of aliphatic hydroxyl groups excluding tert-OH is 1. The first-order chi connectivity index (χ1) is 20.8. The molecular weight excluding hydrogens is 583 g/mol. The summed E-state index contributed by atoms with van der Waals surface area (Å²) >= 11 is 0. The van der Waals surface area contributed by atoms with E-state index in [9.17, 15) is 19.4 Å². The van der Waals surface area contributed by atoms with E-state index in [1.807, 2.05) is 0 Å². The summed E-state index contributed by atoms with van der Waals surface area (Å²) in [4.78, 5) is 50.1. The van der Waals surface area contributed by atoms with E-state index in [1.165, 1.54) is 37.5 Å². The van der Waals surface area contributed by atoms with Gasteiger partial charge in [-0.05, 0) is 6.08 Å². The number of fused-ring (bicyclic) bond motifs is 2. The predicted molar refractivity (Wildman–Crippen MR) is 152 cm³/mol. The number of imidazole rings is 2. The standard InChI is InChI=1S/C24H27N12O6P/c25-21-19-14(1-2-17(38)27-3-4-28-22-20-23(31-10-29-20)33-12-32-22)8-36(24(19)34-11-30-21)18-7-15(37)16(42-18)9-41-43(39,40)35-6-5-26-13-35/h1-2,5-6,8,10-13,15-16,18,37H,3-4,7,9H2,(H,27,38)(H,39,40)(H2,25,30,34)(H2,28,29,31,32,33)/b2-1+/t15-,16+,18+/m0/s1. The number of nitrogens with one attached hydrogen (secondary N) is 3. The second-order valence-corrected chi connectivity index (χ2v) is 11.2. The number of amides is 1. The molecule has 5 aromatic rings. The summed E-state index contributed by atoms with van der Waals surface area (Å²) in [5.74, 6) is 0.429. The number of hydrogen-bond acceptors (Lipinski definition) is 13. The van der Waals surface area contributed by atoms with Gasteiger partial charge in [-0.2, -0.15) is 0 Å². The molecule has 4 atom stereocenters. The number of anilines is 2. The molecule has 0 aromatic carbocycles. The minimum atomic E-state index is -4.20. The molecule has 0 spiro atoms. The first-order valence-electron chi connectivity index (χ1n) is 13.0. The maximum atomic E-state index is 12.5. The zero-order chi connectivity index (χ0) is 30.0. The maximum absolute atomic E-state index is 12.5. The van der Waals surface area contributed by atoms with Gasteiger partial charge in [-0.15, -0.1) is 0 Å². The van der Waals surface area contributed by atoms with Crippen LogP contribution in [0.3, 0.4) is 0 Å². The van der Waals surface area contributed by atoms with Crippen LogP contribution in [-0.4, -0.2) is 91.6 Å². The Morgan fingerprint density at radius 3 is 2.95 bits per heavy atom. The largest absolute Gasteiger partial charge is 0.437 e. The molecule has 224 valence electrons. The Balaban J connectivity index is 1.10. The van der Waals surface area contributed by atoms with Crippen molar-refractivity contribution in [1.29, 1.82) is 0 Å². The molecule has 7 N–H and O–H groups in total. The van der Waals surface area contributed by atoms with Gasteiger partial charge in [0.1, 0.15) is 48.3 Å². The van der Waals surface area contributed by atoms with Crippen molar-refractivity contribution in [3.05, 3.63) is 55.5 Å². The Morgan fingerprint density at radius 1 is 1.26 bits per heavy atom. The van der Waals surface area contributed by atoms with Crippen molar-refractivity contribution in [3.8, 4) is 0 Å². The number of ether oxygens (including phenoxy) is 1. The van der Waals surface area contributed by atoms with Crippen molar-refractivity contribution in [2.45, 2.75) is 24.9 Å². The van der Waals surface area contributed by atoms with Crippen molar-refractivity contribution in [1.82, 2.24) is 49.1 Å². The molecule has 19 heteroatoms. The minimum absolute atomic E-state index is 0.149. The van der Waals surface area contributed by atoms with E-state index in [1.54, 1.807) is 16.8 Å². The quantitative estimate of drug-likeness (QED) is 0.0675. The van der Waals surface area contributed by atoms with Crippen molar-refractivity contribution >= 4 is 53.6 Å². The molecule has 0 aliphatic carbocycles. The Morgan fingerprint density at radius 2 is 2.12 bits per heavy atom. The van der Waals surface area contributed by atoms with Crippen LogP contribution in [0.5, 0.6) is 0 Å². The van der Waals surface area contributed by atoms with Gasteiger partial charge in [0, 0.05) is 49.7 Å². The predicted octanol–water partition coefficient (Wildman–Crippen LogP) is 0.432. The highest BCUT2D eigenvalue weighted by molar-refractivity contribution is 7.51. The van der Waals surface area contributed by atoms with E-state index in [4.69, 9.17) is 15.0 Å². The molecule has 0 saturated carbocycles. The van der Waals surface area contributed by atoms with Gasteiger partial charge in [0.2, 0.25) is 5.91 Å². The lowest BCUT2D eigenvalue weighted by atomic mass is 10.2. The third kappa shape index (κ3) is 5.95. The highest BCUT2D eigenvalue weighted by atomic mass is 31.2. The SMILES string of the molecule is Nc1ncnc2c1c(/C=C/C(=O)NCCNc1ncnc3nc[nH]c13)cn2[C@H]1C[C@H](O)[C@@H](COP(=O)(O)n2ccnc2)O1. The molecule has 1 fully saturated rings. The number of rotatable bonds is 11. The number of nitrogens with two attached hydrogens (primary N) is 1. The van der Waals surface area contributed by atoms with Crippen LogP contribution in [0.2, 0.25) is 0 Å². The first-order valence-corrected chi connectivity index (χ1v) is 14.6. The molecule has 1 aliphatic heterocycles. The highest BCUT2D eigenvalue weighted by Gasteiger charge is 2.38. The van der Waals surface area contributed by atoms with E-state index >= 15 is 0 Å². The zero-order valence-corrected chi connectivity index (χ0v) is 23.3. The lowest BCUT2D eigenvalue weighted by molar-refractivity contribution is -0.116. The molecule has 1 unspecified atom stereocenters. The average Bonchev–Trinajstić information content (AvgIpc) is 3.80. The zero-order valence-electron chi connectivity index (χ0n) is 22.4. The van der Waals surface area contributed by atoms with Crippen molar-refractivity contribution in [2.75, 3.05) is 30.7 Å². The highest BCUT2D eigenvalue weighted by Crippen LogP contribution is 2.44. The van der Waals surface area contributed by atoms with Gasteiger partial charge in [-0.1, -0.05) is 0 Å². The fourth-order valence-electron chi connectivity index (χ4n) is 4.65. The van der Waals surface area contributed by atoms with Gasteiger partial charge in [0.15, 0.2) is 11.5 Å². The molecule has 0 radical (unpaired) electrons. The Labute approximate surface area is 242 Å². The molecule has 1 saturated heterocycles. The van der Waals surface area contributed by atoms with Gasteiger partial charge < -0.3 is 40.7 Å². The Bertz CT molecular complexity index is 1820.